The van der Waals surface area contributed by atoms with Crippen molar-refractivity contribution >= 4 is 5.97 Å². The number of rotatable bonds is 2. The molecule has 0 aromatic rings. The molecule has 0 aliphatic carbocycles. The minimum absolute atomic E-state index is 0.225. The van der Waals surface area contributed by atoms with Crippen molar-refractivity contribution in [1.82, 2.24) is 5.06 Å². The molecule has 0 aromatic heterocycles. The summed E-state index contributed by atoms with van der Waals surface area (Å²) in [5, 5.41) is 1.71. The monoisotopic (exact) mass is 172 g/mol. The number of hydrogen-bond donors (Lipinski definition) is 1. The van der Waals surface area contributed by atoms with Crippen molar-refractivity contribution in [1.29, 1.82) is 0 Å². The normalized spacial score (nSPS) is 25.3. The summed E-state index contributed by atoms with van der Waals surface area (Å²) in [6.07, 6.45) is 3.30. The van der Waals surface area contributed by atoms with Crippen LogP contribution in [0, 0.1) is 0 Å². The molecule has 1 unspecified atom stereocenters. The van der Waals surface area contributed by atoms with E-state index < -0.39 is 0 Å². The van der Waals surface area contributed by atoms with Crippen molar-refractivity contribution in [2.75, 3.05) is 13.1 Å². The quantitative estimate of drug-likeness (QED) is 0.650. The third-order valence-electron chi connectivity index (χ3n) is 2.09. The van der Waals surface area contributed by atoms with Gasteiger partial charge >= 0.3 is 5.97 Å². The molecule has 0 spiro atoms. The molecular weight excluding hydrogens is 156 g/mol. The zero-order valence-electron chi connectivity index (χ0n) is 7.45. The van der Waals surface area contributed by atoms with E-state index in [4.69, 9.17) is 10.6 Å². The van der Waals surface area contributed by atoms with Crippen molar-refractivity contribution in [2.45, 2.75) is 32.2 Å². The van der Waals surface area contributed by atoms with E-state index in [1.807, 2.05) is 0 Å². The summed E-state index contributed by atoms with van der Waals surface area (Å²) in [6, 6.07) is 0.225. The van der Waals surface area contributed by atoms with Crippen molar-refractivity contribution < 1.29 is 9.63 Å². The maximum absolute atomic E-state index is 10.7. The van der Waals surface area contributed by atoms with Gasteiger partial charge in [-0.1, -0.05) is 6.42 Å². The summed E-state index contributed by atoms with van der Waals surface area (Å²) in [5.74, 6) is -0.254. The molecule has 1 atom stereocenters. The first-order valence-electron chi connectivity index (χ1n) is 4.39. The highest BCUT2D eigenvalue weighted by Crippen LogP contribution is 2.16. The highest BCUT2D eigenvalue weighted by Gasteiger charge is 2.23. The summed E-state index contributed by atoms with van der Waals surface area (Å²) in [7, 11) is 0. The molecular formula is C8H16N2O2. The molecule has 4 heteroatoms. The first kappa shape index (κ1) is 9.48. The molecule has 2 N–H and O–H groups in total. The second-order valence-corrected chi connectivity index (χ2v) is 3.11. The van der Waals surface area contributed by atoms with Crippen LogP contribution in [0.25, 0.3) is 0 Å². The molecule has 1 fully saturated rings. The lowest BCUT2D eigenvalue weighted by atomic mass is 10.1. The number of hydroxylamine groups is 2. The molecule has 4 nitrogen and oxygen atoms in total. The van der Waals surface area contributed by atoms with Crippen LogP contribution >= 0.6 is 0 Å². The summed E-state index contributed by atoms with van der Waals surface area (Å²) < 4.78 is 0. The molecule has 1 saturated heterocycles. The van der Waals surface area contributed by atoms with Crippen LogP contribution < -0.4 is 5.73 Å². The molecule has 0 aromatic carbocycles. The molecule has 12 heavy (non-hydrogen) atoms. The fourth-order valence-corrected chi connectivity index (χ4v) is 1.49. The van der Waals surface area contributed by atoms with E-state index >= 15 is 0 Å². The predicted octanol–water partition coefficient (Wildman–Crippen LogP) is 0.278. The van der Waals surface area contributed by atoms with Gasteiger partial charge in [0.2, 0.25) is 0 Å². The Bertz CT molecular complexity index is 161. The lowest BCUT2D eigenvalue weighted by Crippen LogP contribution is -2.44. The SMILES string of the molecule is CC(=O)ON1CCCCC1CN. The van der Waals surface area contributed by atoms with Crippen LogP contribution in [0.5, 0.6) is 0 Å². The lowest BCUT2D eigenvalue weighted by Gasteiger charge is -2.32. The first-order chi connectivity index (χ1) is 5.74. The Hall–Kier alpha value is -0.610. The fourth-order valence-electron chi connectivity index (χ4n) is 1.49. The Balaban J connectivity index is 2.41. The fraction of sp³-hybridized carbons (Fsp3) is 0.875. The summed E-state index contributed by atoms with van der Waals surface area (Å²) in [6.45, 7) is 2.80. The maximum atomic E-state index is 10.7. The number of hydrogen-bond acceptors (Lipinski definition) is 4. The number of piperidine rings is 1. The lowest BCUT2D eigenvalue weighted by molar-refractivity contribution is -0.204. The second kappa shape index (κ2) is 4.42. The maximum Gasteiger partial charge on any atom is 0.322 e. The largest absolute Gasteiger partial charge is 0.368 e. The van der Waals surface area contributed by atoms with Crippen LogP contribution in [0.3, 0.4) is 0 Å². The zero-order valence-corrected chi connectivity index (χ0v) is 7.45. The molecule has 0 bridgehead atoms. The Morgan fingerprint density at radius 1 is 1.67 bits per heavy atom. The van der Waals surface area contributed by atoms with Crippen molar-refractivity contribution in [3.05, 3.63) is 0 Å². The average Bonchev–Trinajstić information content (AvgIpc) is 2.04. The van der Waals surface area contributed by atoms with Crippen LogP contribution in [0.2, 0.25) is 0 Å². The van der Waals surface area contributed by atoms with Gasteiger partial charge in [0.1, 0.15) is 0 Å². The first-order valence-corrected chi connectivity index (χ1v) is 4.39. The van der Waals surface area contributed by atoms with Crippen LogP contribution in [0.4, 0.5) is 0 Å². The van der Waals surface area contributed by atoms with E-state index in [2.05, 4.69) is 0 Å². The van der Waals surface area contributed by atoms with Crippen molar-refractivity contribution in [3.63, 3.8) is 0 Å². The summed E-state index contributed by atoms with van der Waals surface area (Å²) in [5.41, 5.74) is 5.54. The number of carbonyl (C=O) groups excluding carboxylic acids is 1. The van der Waals surface area contributed by atoms with E-state index in [1.54, 1.807) is 5.06 Å². The van der Waals surface area contributed by atoms with Crippen LogP contribution in [0.15, 0.2) is 0 Å². The van der Waals surface area contributed by atoms with Gasteiger partial charge in [0, 0.05) is 20.0 Å². The van der Waals surface area contributed by atoms with Gasteiger partial charge in [0.25, 0.3) is 0 Å². The Morgan fingerprint density at radius 2 is 2.42 bits per heavy atom. The minimum Gasteiger partial charge on any atom is -0.368 e. The minimum atomic E-state index is -0.254. The van der Waals surface area contributed by atoms with E-state index in [0.717, 1.165) is 19.4 Å². The van der Waals surface area contributed by atoms with Gasteiger partial charge in [-0.25, -0.2) is 0 Å². The molecule has 1 aliphatic rings. The topological polar surface area (TPSA) is 55.6 Å². The van der Waals surface area contributed by atoms with Gasteiger partial charge in [-0.15, -0.1) is 5.06 Å². The molecule has 0 radical (unpaired) electrons. The van der Waals surface area contributed by atoms with Crippen molar-refractivity contribution in [3.8, 4) is 0 Å². The van der Waals surface area contributed by atoms with Gasteiger partial charge in [0.05, 0.1) is 6.04 Å². The average molecular weight is 172 g/mol. The Morgan fingerprint density at radius 3 is 3.00 bits per heavy atom. The predicted molar refractivity (Wildman–Crippen MR) is 45.2 cm³/mol. The Labute approximate surface area is 72.6 Å². The van der Waals surface area contributed by atoms with Gasteiger partial charge in [-0.2, -0.15) is 0 Å². The molecule has 1 heterocycles. The number of carbonyl (C=O) groups is 1. The third kappa shape index (κ3) is 2.46. The number of nitrogens with zero attached hydrogens (tertiary/aromatic N) is 1. The van der Waals surface area contributed by atoms with Crippen LogP contribution in [-0.2, 0) is 9.63 Å². The molecule has 0 amide bonds. The Kier molecular flexibility index (Phi) is 3.49. The molecule has 1 aliphatic heterocycles. The standard InChI is InChI=1S/C8H16N2O2/c1-7(11)12-10-5-3-2-4-8(10)6-9/h8H,2-6,9H2,1H3. The highest BCUT2D eigenvalue weighted by molar-refractivity contribution is 5.65. The zero-order chi connectivity index (χ0) is 8.97. The summed E-state index contributed by atoms with van der Waals surface area (Å²) in [4.78, 5) is 15.7. The third-order valence-corrected chi connectivity index (χ3v) is 2.09. The molecule has 1 rings (SSSR count). The van der Waals surface area contributed by atoms with E-state index in [9.17, 15) is 4.79 Å². The highest BCUT2D eigenvalue weighted by atomic mass is 16.7. The summed E-state index contributed by atoms with van der Waals surface area (Å²) >= 11 is 0. The smallest absolute Gasteiger partial charge is 0.322 e. The number of nitrogens with two attached hydrogens (primary N) is 1. The van der Waals surface area contributed by atoms with Crippen LogP contribution in [-0.4, -0.2) is 30.2 Å². The van der Waals surface area contributed by atoms with Crippen molar-refractivity contribution in [2.24, 2.45) is 5.73 Å². The van der Waals surface area contributed by atoms with E-state index in [-0.39, 0.29) is 12.0 Å². The van der Waals surface area contributed by atoms with E-state index in [0.29, 0.717) is 6.54 Å². The van der Waals surface area contributed by atoms with Gasteiger partial charge in [0.15, 0.2) is 0 Å². The van der Waals surface area contributed by atoms with Gasteiger partial charge in [-0.05, 0) is 12.8 Å². The van der Waals surface area contributed by atoms with Gasteiger partial charge < -0.3 is 10.6 Å². The second-order valence-electron chi connectivity index (χ2n) is 3.11. The van der Waals surface area contributed by atoms with E-state index in [1.165, 1.54) is 13.3 Å². The molecule has 70 valence electrons. The van der Waals surface area contributed by atoms with Crippen LogP contribution in [0.1, 0.15) is 26.2 Å². The van der Waals surface area contributed by atoms with Gasteiger partial charge in [-0.3, -0.25) is 4.79 Å². The molecule has 0 saturated carbocycles.